The zero-order valence-corrected chi connectivity index (χ0v) is 12.2. The van der Waals surface area contributed by atoms with Gasteiger partial charge >= 0.3 is 0 Å². The number of hydrogen-bond donors (Lipinski definition) is 2. The fourth-order valence-electron chi connectivity index (χ4n) is 2.19. The molecule has 6 heteroatoms. The zero-order valence-electron chi connectivity index (χ0n) is 12.2. The first kappa shape index (κ1) is 14.1. The summed E-state index contributed by atoms with van der Waals surface area (Å²) in [4.78, 5) is 23.5. The van der Waals surface area contributed by atoms with Gasteiger partial charge in [-0.25, -0.2) is 4.98 Å². The second kappa shape index (κ2) is 6.26. The summed E-state index contributed by atoms with van der Waals surface area (Å²) in [6.45, 7) is 0.512. The van der Waals surface area contributed by atoms with E-state index in [0.717, 1.165) is 22.6 Å². The normalized spacial score (nSPS) is 10.6. The zero-order chi connectivity index (χ0) is 15.4. The van der Waals surface area contributed by atoms with E-state index in [4.69, 9.17) is 4.74 Å². The molecule has 0 saturated carbocycles. The fraction of sp³-hybridized carbons (Fsp3) is 0.188. The Kier molecular flexibility index (Phi) is 4.00. The van der Waals surface area contributed by atoms with Crippen LogP contribution in [-0.2, 0) is 6.42 Å². The van der Waals surface area contributed by atoms with Crippen LogP contribution in [0.1, 0.15) is 16.2 Å². The van der Waals surface area contributed by atoms with Gasteiger partial charge in [-0.3, -0.25) is 9.78 Å². The molecule has 3 aromatic rings. The Morgan fingerprint density at radius 3 is 2.86 bits per heavy atom. The molecule has 2 N–H and O–H groups in total. The number of H-pyrrole nitrogens is 1. The minimum atomic E-state index is -0.111. The second-order valence-electron chi connectivity index (χ2n) is 4.81. The molecule has 0 fully saturated rings. The smallest absolute Gasteiger partial charge is 0.251 e. The Bertz CT molecular complexity index is 783. The summed E-state index contributed by atoms with van der Waals surface area (Å²) < 4.78 is 5.18. The Morgan fingerprint density at radius 2 is 2.09 bits per heavy atom. The Balaban J connectivity index is 1.61. The first-order valence-corrected chi connectivity index (χ1v) is 6.97. The van der Waals surface area contributed by atoms with Gasteiger partial charge in [-0.2, -0.15) is 0 Å². The molecule has 0 atom stereocenters. The number of nitrogens with one attached hydrogen (secondary N) is 2. The first-order valence-electron chi connectivity index (χ1n) is 6.97. The number of carbonyl (C=O) groups is 1. The van der Waals surface area contributed by atoms with Crippen LogP contribution in [0.25, 0.3) is 11.0 Å². The molecule has 2 heterocycles. The number of methoxy groups -OCH3 is 1. The molecule has 3 rings (SSSR count). The summed E-state index contributed by atoms with van der Waals surface area (Å²) in [7, 11) is 1.63. The summed E-state index contributed by atoms with van der Waals surface area (Å²) in [5.74, 6) is 1.51. The maximum atomic E-state index is 11.9. The van der Waals surface area contributed by atoms with Crippen molar-refractivity contribution in [2.45, 2.75) is 6.42 Å². The predicted molar refractivity (Wildman–Crippen MR) is 82.9 cm³/mol. The van der Waals surface area contributed by atoms with Gasteiger partial charge in [0.1, 0.15) is 11.6 Å². The van der Waals surface area contributed by atoms with Crippen molar-refractivity contribution in [3.63, 3.8) is 0 Å². The van der Waals surface area contributed by atoms with Crippen LogP contribution >= 0.6 is 0 Å². The van der Waals surface area contributed by atoms with Crippen LogP contribution in [0.5, 0.6) is 5.75 Å². The van der Waals surface area contributed by atoms with Crippen LogP contribution in [0.2, 0.25) is 0 Å². The van der Waals surface area contributed by atoms with Crippen LogP contribution < -0.4 is 10.1 Å². The molecule has 0 saturated heterocycles. The number of hydrogen-bond acceptors (Lipinski definition) is 4. The van der Waals surface area contributed by atoms with Gasteiger partial charge < -0.3 is 15.0 Å². The average Bonchev–Trinajstić information content (AvgIpc) is 2.97. The fourth-order valence-corrected chi connectivity index (χ4v) is 2.19. The standard InChI is InChI=1S/C16H16N4O2/c1-22-12-2-3-13-14(10-12)20-15(19-13)6-9-18-16(21)11-4-7-17-8-5-11/h2-5,7-8,10H,6,9H2,1H3,(H,18,21)(H,19,20). The average molecular weight is 296 g/mol. The van der Waals surface area contributed by atoms with E-state index in [0.29, 0.717) is 18.5 Å². The lowest BCUT2D eigenvalue weighted by Gasteiger charge is -2.03. The quantitative estimate of drug-likeness (QED) is 0.754. The van der Waals surface area contributed by atoms with Gasteiger partial charge in [-0.05, 0) is 24.3 Å². The summed E-state index contributed by atoms with van der Waals surface area (Å²) in [5, 5.41) is 2.86. The van der Waals surface area contributed by atoms with E-state index in [9.17, 15) is 4.79 Å². The molecule has 0 aliphatic rings. The Hall–Kier alpha value is -2.89. The molecule has 0 radical (unpaired) electrons. The van der Waals surface area contributed by atoms with Gasteiger partial charge in [0.25, 0.3) is 5.91 Å². The largest absolute Gasteiger partial charge is 0.497 e. The molecule has 112 valence electrons. The maximum Gasteiger partial charge on any atom is 0.251 e. The van der Waals surface area contributed by atoms with Crippen LogP contribution in [0.3, 0.4) is 0 Å². The Morgan fingerprint density at radius 1 is 1.27 bits per heavy atom. The van der Waals surface area contributed by atoms with Gasteiger partial charge in [0.2, 0.25) is 0 Å². The van der Waals surface area contributed by atoms with E-state index in [1.54, 1.807) is 31.6 Å². The van der Waals surface area contributed by atoms with Gasteiger partial charge in [-0.15, -0.1) is 0 Å². The molecule has 0 unspecified atom stereocenters. The molecule has 0 aliphatic carbocycles. The van der Waals surface area contributed by atoms with E-state index < -0.39 is 0 Å². The van der Waals surface area contributed by atoms with Crippen LogP contribution in [0.15, 0.2) is 42.7 Å². The molecule has 2 aromatic heterocycles. The van der Waals surface area contributed by atoms with Crippen LogP contribution in [0.4, 0.5) is 0 Å². The highest BCUT2D eigenvalue weighted by Gasteiger charge is 2.06. The molecular weight excluding hydrogens is 280 g/mol. The number of amides is 1. The molecular formula is C16H16N4O2. The lowest BCUT2D eigenvalue weighted by atomic mass is 10.2. The topological polar surface area (TPSA) is 79.9 Å². The van der Waals surface area contributed by atoms with E-state index in [1.807, 2.05) is 18.2 Å². The number of carbonyl (C=O) groups excluding carboxylic acids is 1. The molecule has 1 amide bonds. The summed E-state index contributed by atoms with van der Waals surface area (Å²) in [5.41, 5.74) is 2.41. The van der Waals surface area contributed by atoms with Crippen molar-refractivity contribution in [3.05, 3.63) is 54.1 Å². The van der Waals surface area contributed by atoms with Gasteiger partial charge in [0.05, 0.1) is 18.1 Å². The highest BCUT2D eigenvalue weighted by atomic mass is 16.5. The molecule has 0 bridgehead atoms. The van der Waals surface area contributed by atoms with Gasteiger partial charge in [-0.1, -0.05) is 0 Å². The SMILES string of the molecule is COc1ccc2nc(CCNC(=O)c3ccncc3)[nH]c2c1. The molecule has 0 spiro atoms. The number of pyridine rings is 1. The van der Waals surface area contributed by atoms with Gasteiger partial charge in [0, 0.05) is 37.0 Å². The van der Waals surface area contributed by atoms with Crippen LogP contribution in [0, 0.1) is 0 Å². The van der Waals surface area contributed by atoms with E-state index in [-0.39, 0.29) is 5.91 Å². The highest BCUT2D eigenvalue weighted by molar-refractivity contribution is 5.93. The van der Waals surface area contributed by atoms with E-state index >= 15 is 0 Å². The molecule has 22 heavy (non-hydrogen) atoms. The number of imidazole rings is 1. The maximum absolute atomic E-state index is 11.9. The van der Waals surface area contributed by atoms with Crippen molar-refractivity contribution in [1.29, 1.82) is 0 Å². The number of fused-ring (bicyclic) bond motifs is 1. The number of benzene rings is 1. The van der Waals surface area contributed by atoms with Gasteiger partial charge in [0.15, 0.2) is 0 Å². The molecule has 1 aromatic carbocycles. The summed E-state index contributed by atoms with van der Waals surface area (Å²) in [6, 6.07) is 9.05. The van der Waals surface area contributed by atoms with Crippen molar-refractivity contribution in [2.75, 3.05) is 13.7 Å². The van der Waals surface area contributed by atoms with Crippen molar-refractivity contribution >= 4 is 16.9 Å². The van der Waals surface area contributed by atoms with Crippen molar-refractivity contribution in [2.24, 2.45) is 0 Å². The van der Waals surface area contributed by atoms with Crippen molar-refractivity contribution < 1.29 is 9.53 Å². The molecule has 0 aliphatic heterocycles. The minimum absolute atomic E-state index is 0.111. The van der Waals surface area contributed by atoms with Crippen molar-refractivity contribution in [1.82, 2.24) is 20.3 Å². The predicted octanol–water partition coefficient (Wildman–Crippen LogP) is 1.94. The summed E-state index contributed by atoms with van der Waals surface area (Å²) in [6.07, 6.45) is 3.83. The lowest BCUT2D eigenvalue weighted by molar-refractivity contribution is 0.0954. The van der Waals surface area contributed by atoms with Crippen molar-refractivity contribution in [3.8, 4) is 5.75 Å². The minimum Gasteiger partial charge on any atom is -0.497 e. The number of aromatic nitrogens is 3. The lowest BCUT2D eigenvalue weighted by Crippen LogP contribution is -2.25. The summed E-state index contributed by atoms with van der Waals surface area (Å²) >= 11 is 0. The van der Waals surface area contributed by atoms with Crippen LogP contribution in [-0.4, -0.2) is 34.5 Å². The second-order valence-corrected chi connectivity index (χ2v) is 4.81. The highest BCUT2D eigenvalue weighted by Crippen LogP contribution is 2.18. The number of aromatic amines is 1. The third-order valence-corrected chi connectivity index (χ3v) is 3.33. The molecule has 6 nitrogen and oxygen atoms in total. The third-order valence-electron chi connectivity index (χ3n) is 3.33. The number of ether oxygens (including phenoxy) is 1. The van der Waals surface area contributed by atoms with E-state index in [2.05, 4.69) is 20.3 Å². The first-order chi connectivity index (χ1) is 10.8. The monoisotopic (exact) mass is 296 g/mol. The number of rotatable bonds is 5. The van der Waals surface area contributed by atoms with E-state index in [1.165, 1.54) is 0 Å². The third kappa shape index (κ3) is 3.06. The number of nitrogens with zero attached hydrogens (tertiary/aromatic N) is 2. The Labute approximate surface area is 127 Å².